The van der Waals surface area contributed by atoms with Gasteiger partial charge in [-0.1, -0.05) is 17.4 Å². The van der Waals surface area contributed by atoms with Crippen LogP contribution in [0.5, 0.6) is 0 Å². The zero-order valence-electron chi connectivity index (χ0n) is 13.5. The third-order valence-electron chi connectivity index (χ3n) is 3.24. The highest BCUT2D eigenvalue weighted by molar-refractivity contribution is 7.07. The van der Waals surface area contributed by atoms with Crippen molar-refractivity contribution >= 4 is 34.5 Å². The van der Waals surface area contributed by atoms with E-state index in [9.17, 15) is 14.4 Å². The Labute approximate surface area is 143 Å². The molecule has 0 fully saturated rings. The van der Waals surface area contributed by atoms with Crippen molar-refractivity contribution in [2.24, 2.45) is 0 Å². The molecule has 8 heteroatoms. The fourth-order valence-electron chi connectivity index (χ4n) is 2.11. The Morgan fingerprint density at radius 1 is 1.21 bits per heavy atom. The maximum Gasteiger partial charge on any atom is 0.307 e. The van der Waals surface area contributed by atoms with E-state index in [4.69, 9.17) is 4.74 Å². The molecule has 0 saturated carbocycles. The van der Waals surface area contributed by atoms with Crippen LogP contribution < -0.4 is 15.5 Å². The van der Waals surface area contributed by atoms with E-state index in [1.165, 1.54) is 7.11 Å². The van der Waals surface area contributed by atoms with Gasteiger partial charge in [-0.25, -0.2) is 0 Å². The number of thiazole rings is 1. The molecule has 24 heavy (non-hydrogen) atoms. The Morgan fingerprint density at radius 2 is 1.88 bits per heavy atom. The molecule has 0 bridgehead atoms. The molecule has 0 saturated heterocycles. The first-order valence-electron chi connectivity index (χ1n) is 7.33. The van der Waals surface area contributed by atoms with E-state index in [1.807, 2.05) is 6.92 Å². The van der Waals surface area contributed by atoms with Gasteiger partial charge in [0.15, 0.2) is 0 Å². The highest BCUT2D eigenvalue weighted by Crippen LogP contribution is 2.15. The molecule has 0 spiro atoms. The van der Waals surface area contributed by atoms with Crippen LogP contribution in [0.3, 0.4) is 0 Å². The van der Waals surface area contributed by atoms with Crippen molar-refractivity contribution in [1.29, 1.82) is 0 Å². The third-order valence-corrected chi connectivity index (χ3v) is 4.13. The molecule has 1 heterocycles. The minimum Gasteiger partial charge on any atom is -0.375 e. The summed E-state index contributed by atoms with van der Waals surface area (Å²) in [7, 11) is 1.44. The second kappa shape index (κ2) is 8.42. The molecule has 1 aromatic heterocycles. The molecule has 0 atom stereocenters. The number of amides is 2. The summed E-state index contributed by atoms with van der Waals surface area (Å²) in [6.07, 6.45) is 0.192. The number of ether oxygens (including phenoxy) is 1. The Hall–Kier alpha value is -2.45. The lowest BCUT2D eigenvalue weighted by Crippen LogP contribution is -2.20. The van der Waals surface area contributed by atoms with Gasteiger partial charge in [-0.05, 0) is 25.1 Å². The molecule has 128 valence electrons. The number of methoxy groups -OCH3 is 1. The minimum atomic E-state index is -0.270. The van der Waals surface area contributed by atoms with Gasteiger partial charge >= 0.3 is 4.87 Å². The standard InChI is InChI=1S/C16H19N3O4S/c1-11-10-24-16(22)19(11)7-6-14(20)17-12-4-3-5-13(8-12)18-15(21)9-23-2/h3-5,8,10H,6-7,9H2,1-2H3,(H,17,20)(H,18,21). The normalized spacial score (nSPS) is 10.4. The summed E-state index contributed by atoms with van der Waals surface area (Å²) < 4.78 is 6.32. The molecule has 0 unspecified atom stereocenters. The van der Waals surface area contributed by atoms with E-state index in [-0.39, 0.29) is 29.7 Å². The Morgan fingerprint density at radius 3 is 2.46 bits per heavy atom. The van der Waals surface area contributed by atoms with Crippen LogP contribution in [0.2, 0.25) is 0 Å². The molecule has 1 aromatic carbocycles. The van der Waals surface area contributed by atoms with Crippen LogP contribution in [0.15, 0.2) is 34.4 Å². The lowest BCUT2D eigenvalue weighted by molar-refractivity contribution is -0.119. The SMILES string of the molecule is COCC(=O)Nc1cccc(NC(=O)CCn2c(C)csc2=O)c1. The largest absolute Gasteiger partial charge is 0.375 e. The summed E-state index contributed by atoms with van der Waals surface area (Å²) in [4.78, 5) is 35.1. The summed E-state index contributed by atoms with van der Waals surface area (Å²) in [5.74, 6) is -0.471. The molecule has 0 radical (unpaired) electrons. The predicted octanol–water partition coefficient (Wildman–Crippen LogP) is 1.83. The number of rotatable bonds is 7. The van der Waals surface area contributed by atoms with Crippen LogP contribution in [0.25, 0.3) is 0 Å². The van der Waals surface area contributed by atoms with Crippen molar-refractivity contribution in [3.63, 3.8) is 0 Å². The number of benzene rings is 1. The number of hydrogen-bond donors (Lipinski definition) is 2. The smallest absolute Gasteiger partial charge is 0.307 e. The van der Waals surface area contributed by atoms with E-state index in [2.05, 4.69) is 10.6 Å². The van der Waals surface area contributed by atoms with Gasteiger partial charge in [-0.3, -0.25) is 14.4 Å². The Bertz CT molecular complexity index is 782. The molecule has 2 rings (SSSR count). The van der Waals surface area contributed by atoms with E-state index >= 15 is 0 Å². The van der Waals surface area contributed by atoms with Crippen molar-refractivity contribution in [1.82, 2.24) is 4.57 Å². The summed E-state index contributed by atoms with van der Waals surface area (Å²) in [6.45, 7) is 2.14. The molecule has 0 aliphatic carbocycles. The first-order chi connectivity index (χ1) is 11.5. The van der Waals surface area contributed by atoms with Crippen LogP contribution in [0, 0.1) is 6.92 Å². The van der Waals surface area contributed by atoms with Gasteiger partial charge in [0.2, 0.25) is 11.8 Å². The highest BCUT2D eigenvalue weighted by atomic mass is 32.1. The van der Waals surface area contributed by atoms with E-state index < -0.39 is 0 Å². The van der Waals surface area contributed by atoms with E-state index in [0.29, 0.717) is 17.9 Å². The first-order valence-corrected chi connectivity index (χ1v) is 8.21. The van der Waals surface area contributed by atoms with Crippen molar-refractivity contribution < 1.29 is 14.3 Å². The number of anilines is 2. The number of carbonyl (C=O) groups excluding carboxylic acids is 2. The number of hydrogen-bond acceptors (Lipinski definition) is 5. The van der Waals surface area contributed by atoms with Crippen LogP contribution in [-0.2, 0) is 20.9 Å². The lowest BCUT2D eigenvalue weighted by atomic mass is 10.2. The highest BCUT2D eigenvalue weighted by Gasteiger charge is 2.08. The van der Waals surface area contributed by atoms with Gasteiger partial charge in [0.1, 0.15) is 6.61 Å². The summed E-state index contributed by atoms with van der Waals surface area (Å²) in [6, 6.07) is 6.84. The summed E-state index contributed by atoms with van der Waals surface area (Å²) in [5, 5.41) is 7.19. The topological polar surface area (TPSA) is 89.4 Å². The van der Waals surface area contributed by atoms with Crippen LogP contribution in [0.1, 0.15) is 12.1 Å². The van der Waals surface area contributed by atoms with Crippen molar-refractivity contribution in [3.05, 3.63) is 45.0 Å². The second-order valence-corrected chi connectivity index (χ2v) is 5.98. The number of nitrogens with one attached hydrogen (secondary N) is 2. The molecule has 2 aromatic rings. The van der Waals surface area contributed by atoms with Crippen molar-refractivity contribution in [3.8, 4) is 0 Å². The second-order valence-electron chi connectivity index (χ2n) is 5.15. The maximum atomic E-state index is 12.0. The van der Waals surface area contributed by atoms with Crippen LogP contribution in [0.4, 0.5) is 11.4 Å². The average molecular weight is 349 g/mol. The number of aryl methyl sites for hydroxylation is 1. The van der Waals surface area contributed by atoms with E-state index in [1.54, 1.807) is 34.2 Å². The Balaban J connectivity index is 1.92. The molecule has 7 nitrogen and oxygen atoms in total. The van der Waals surface area contributed by atoms with Gasteiger partial charge in [-0.15, -0.1) is 0 Å². The van der Waals surface area contributed by atoms with Crippen molar-refractivity contribution in [2.45, 2.75) is 19.9 Å². The average Bonchev–Trinajstić information content (AvgIpc) is 2.84. The van der Waals surface area contributed by atoms with Gasteiger partial charge in [0.05, 0.1) is 0 Å². The fourth-order valence-corrected chi connectivity index (χ4v) is 2.88. The summed E-state index contributed by atoms with van der Waals surface area (Å²) in [5.41, 5.74) is 1.99. The maximum absolute atomic E-state index is 12.0. The van der Waals surface area contributed by atoms with Gasteiger partial charge in [-0.2, -0.15) is 0 Å². The third kappa shape index (κ3) is 5.04. The first kappa shape index (κ1) is 17.9. The zero-order valence-corrected chi connectivity index (χ0v) is 14.3. The minimum absolute atomic E-state index is 0.0364. The quantitative estimate of drug-likeness (QED) is 0.798. The molecule has 2 amide bonds. The zero-order chi connectivity index (χ0) is 17.5. The molecule has 0 aliphatic heterocycles. The van der Waals surface area contributed by atoms with Crippen LogP contribution >= 0.6 is 11.3 Å². The molecule has 2 N–H and O–H groups in total. The van der Waals surface area contributed by atoms with Gasteiger partial charge in [0, 0.05) is 42.5 Å². The van der Waals surface area contributed by atoms with Crippen molar-refractivity contribution in [2.75, 3.05) is 24.4 Å². The summed E-state index contributed by atoms with van der Waals surface area (Å²) >= 11 is 1.12. The number of nitrogens with zero attached hydrogens (tertiary/aromatic N) is 1. The monoisotopic (exact) mass is 349 g/mol. The lowest BCUT2D eigenvalue weighted by Gasteiger charge is -2.09. The number of carbonyl (C=O) groups is 2. The number of aromatic nitrogens is 1. The van der Waals surface area contributed by atoms with Crippen LogP contribution in [-0.4, -0.2) is 30.1 Å². The predicted molar refractivity (Wildman–Crippen MR) is 93.5 cm³/mol. The fraction of sp³-hybridized carbons (Fsp3) is 0.312. The molecule has 0 aliphatic rings. The molecular formula is C16H19N3O4S. The van der Waals surface area contributed by atoms with Gasteiger partial charge < -0.3 is 19.9 Å². The Kier molecular flexibility index (Phi) is 6.28. The molecular weight excluding hydrogens is 330 g/mol. The van der Waals surface area contributed by atoms with Gasteiger partial charge in [0.25, 0.3) is 0 Å². The van der Waals surface area contributed by atoms with E-state index in [0.717, 1.165) is 17.0 Å².